The Kier molecular flexibility index (Phi) is 4.43. The minimum Gasteiger partial charge on any atom is -0.391 e. The average Bonchev–Trinajstić information content (AvgIpc) is 2.72. The molecule has 0 bridgehead atoms. The molecule has 0 aliphatic carbocycles. The summed E-state index contributed by atoms with van der Waals surface area (Å²) in [4.78, 5) is 3.16. The van der Waals surface area contributed by atoms with Crippen LogP contribution in [0.1, 0.15) is 32.4 Å². The molecule has 0 saturated carbocycles. The molecule has 2 atom stereocenters. The van der Waals surface area contributed by atoms with E-state index in [1.165, 1.54) is 0 Å². The molecule has 0 unspecified atom stereocenters. The smallest absolute Gasteiger partial charge is 0.0780 e. The number of aromatic amines is 1. The Morgan fingerprint density at radius 2 is 1.89 bits per heavy atom. The van der Waals surface area contributed by atoms with E-state index >= 15 is 0 Å². The number of hydrogen-bond donors (Lipinski definition) is 3. The molecule has 0 saturated heterocycles. The lowest BCUT2D eigenvalue weighted by molar-refractivity contribution is 0.0401. The zero-order valence-electron chi connectivity index (χ0n) is 11.0. The number of benzene rings is 1. The predicted octanol–water partition coefficient (Wildman–Crippen LogP) is 3.00. The van der Waals surface area contributed by atoms with Crippen LogP contribution in [0.25, 0.3) is 10.9 Å². The normalized spacial score (nSPS) is 15.2. The van der Waals surface area contributed by atoms with Crippen molar-refractivity contribution in [2.24, 2.45) is 11.1 Å². The Balaban J connectivity index is 0.00000162. The van der Waals surface area contributed by atoms with Gasteiger partial charge in [-0.15, -0.1) is 12.4 Å². The number of hydrogen-bond acceptors (Lipinski definition) is 2. The van der Waals surface area contributed by atoms with Gasteiger partial charge in [-0.2, -0.15) is 0 Å². The molecule has 2 rings (SSSR count). The molecular formula is C14H21ClN2O. The van der Waals surface area contributed by atoms with E-state index in [1.807, 2.05) is 51.2 Å². The van der Waals surface area contributed by atoms with E-state index < -0.39 is 6.10 Å². The Morgan fingerprint density at radius 1 is 1.22 bits per heavy atom. The van der Waals surface area contributed by atoms with E-state index in [0.717, 1.165) is 16.5 Å². The molecule has 0 radical (unpaired) electrons. The summed E-state index contributed by atoms with van der Waals surface area (Å²) in [5.74, 6) is 0. The Hall–Kier alpha value is -1.03. The second-order valence-corrected chi connectivity index (χ2v) is 5.66. The molecule has 4 N–H and O–H groups in total. The number of aliphatic hydroxyl groups excluding tert-OH is 1. The number of nitrogens with two attached hydrogens (primary N) is 1. The van der Waals surface area contributed by atoms with Crippen LogP contribution in [0.3, 0.4) is 0 Å². The van der Waals surface area contributed by atoms with Gasteiger partial charge < -0.3 is 15.8 Å². The van der Waals surface area contributed by atoms with Crippen molar-refractivity contribution in [3.05, 3.63) is 36.0 Å². The van der Waals surface area contributed by atoms with Crippen molar-refractivity contribution in [3.8, 4) is 0 Å². The van der Waals surface area contributed by atoms with Gasteiger partial charge in [-0.25, -0.2) is 0 Å². The molecule has 1 aromatic heterocycles. The molecule has 2 aromatic rings. The first kappa shape index (κ1) is 15.0. The summed E-state index contributed by atoms with van der Waals surface area (Å²) in [6, 6.07) is 7.68. The number of nitrogens with one attached hydrogen (secondary N) is 1. The van der Waals surface area contributed by atoms with Gasteiger partial charge in [0.1, 0.15) is 0 Å². The van der Waals surface area contributed by atoms with Gasteiger partial charge in [0.2, 0.25) is 0 Å². The Morgan fingerprint density at radius 3 is 2.50 bits per heavy atom. The van der Waals surface area contributed by atoms with Crippen LogP contribution in [-0.4, -0.2) is 16.2 Å². The number of aromatic nitrogens is 1. The van der Waals surface area contributed by atoms with Gasteiger partial charge in [-0.05, 0) is 28.5 Å². The summed E-state index contributed by atoms with van der Waals surface area (Å²) >= 11 is 0. The summed E-state index contributed by atoms with van der Waals surface area (Å²) in [6.07, 6.45) is 1.34. The lowest BCUT2D eigenvalue weighted by Gasteiger charge is -2.31. The van der Waals surface area contributed by atoms with Crippen molar-refractivity contribution < 1.29 is 5.11 Å². The van der Waals surface area contributed by atoms with Gasteiger partial charge in [0.15, 0.2) is 0 Å². The fourth-order valence-electron chi connectivity index (χ4n) is 1.99. The third-order valence-corrected chi connectivity index (χ3v) is 3.19. The maximum Gasteiger partial charge on any atom is 0.0780 e. The molecule has 0 amide bonds. The predicted molar refractivity (Wildman–Crippen MR) is 77.9 cm³/mol. The number of aliphatic hydroxyl groups is 1. The highest BCUT2D eigenvalue weighted by molar-refractivity contribution is 5.85. The highest BCUT2D eigenvalue weighted by Gasteiger charge is 2.29. The van der Waals surface area contributed by atoms with Gasteiger partial charge in [0, 0.05) is 11.7 Å². The number of fused-ring (bicyclic) bond motifs is 1. The third kappa shape index (κ3) is 2.86. The Bertz CT molecular complexity index is 516. The van der Waals surface area contributed by atoms with Gasteiger partial charge in [0.05, 0.1) is 12.1 Å². The molecule has 0 aliphatic rings. The van der Waals surface area contributed by atoms with Crippen molar-refractivity contribution >= 4 is 23.3 Å². The first-order valence-corrected chi connectivity index (χ1v) is 5.90. The summed E-state index contributed by atoms with van der Waals surface area (Å²) in [7, 11) is 0. The maximum absolute atomic E-state index is 10.2. The van der Waals surface area contributed by atoms with Crippen LogP contribution in [0.5, 0.6) is 0 Å². The maximum atomic E-state index is 10.2. The highest BCUT2D eigenvalue weighted by Crippen LogP contribution is 2.29. The minimum absolute atomic E-state index is 0. The summed E-state index contributed by atoms with van der Waals surface area (Å²) in [5.41, 5.74) is 7.92. The Labute approximate surface area is 114 Å². The van der Waals surface area contributed by atoms with Gasteiger partial charge >= 0.3 is 0 Å². The second kappa shape index (κ2) is 5.31. The summed E-state index contributed by atoms with van der Waals surface area (Å²) in [5, 5.41) is 11.4. The first-order valence-electron chi connectivity index (χ1n) is 5.90. The molecule has 0 aliphatic heterocycles. The molecule has 18 heavy (non-hydrogen) atoms. The van der Waals surface area contributed by atoms with Gasteiger partial charge in [-0.3, -0.25) is 0 Å². The number of halogens is 1. The van der Waals surface area contributed by atoms with E-state index in [2.05, 4.69) is 4.98 Å². The molecule has 4 heteroatoms. The molecule has 0 spiro atoms. The largest absolute Gasteiger partial charge is 0.391 e. The SMILES string of the molecule is CC(C)(C)[C@H](O)[C@H](N)c1ccc2cc[nH]c2c1.Cl. The fraction of sp³-hybridized carbons (Fsp3) is 0.429. The van der Waals surface area contributed by atoms with Crippen LogP contribution in [0.2, 0.25) is 0 Å². The van der Waals surface area contributed by atoms with E-state index in [4.69, 9.17) is 5.73 Å². The number of rotatable bonds is 2. The summed E-state index contributed by atoms with van der Waals surface area (Å²) < 4.78 is 0. The molecule has 3 nitrogen and oxygen atoms in total. The van der Waals surface area contributed by atoms with Crippen molar-refractivity contribution in [3.63, 3.8) is 0 Å². The summed E-state index contributed by atoms with van der Waals surface area (Å²) in [6.45, 7) is 5.97. The van der Waals surface area contributed by atoms with Crippen LogP contribution in [0.15, 0.2) is 30.5 Å². The van der Waals surface area contributed by atoms with E-state index in [-0.39, 0.29) is 23.9 Å². The lowest BCUT2D eigenvalue weighted by Crippen LogP contribution is -2.36. The molecule has 100 valence electrons. The van der Waals surface area contributed by atoms with E-state index in [1.54, 1.807) is 0 Å². The van der Waals surface area contributed by atoms with Crippen molar-refractivity contribution in [1.82, 2.24) is 4.98 Å². The quantitative estimate of drug-likeness (QED) is 0.784. The van der Waals surface area contributed by atoms with Crippen molar-refractivity contribution in [1.29, 1.82) is 0 Å². The zero-order chi connectivity index (χ0) is 12.6. The van der Waals surface area contributed by atoms with Gasteiger partial charge in [0.25, 0.3) is 0 Å². The molecule has 1 heterocycles. The van der Waals surface area contributed by atoms with E-state index in [0.29, 0.717) is 0 Å². The first-order chi connectivity index (χ1) is 7.89. The standard InChI is InChI=1S/C14H20N2O.ClH/c1-14(2,3)13(17)12(15)10-5-4-9-6-7-16-11(9)8-10;/h4-8,12-13,16-17H,15H2,1-3H3;1H/t12-,13-;/m1./s1. The van der Waals surface area contributed by atoms with Gasteiger partial charge in [-0.1, -0.05) is 32.9 Å². The molecular weight excluding hydrogens is 248 g/mol. The monoisotopic (exact) mass is 268 g/mol. The number of H-pyrrole nitrogens is 1. The van der Waals surface area contributed by atoms with Crippen LogP contribution < -0.4 is 5.73 Å². The van der Waals surface area contributed by atoms with Crippen molar-refractivity contribution in [2.45, 2.75) is 32.9 Å². The van der Waals surface area contributed by atoms with Crippen LogP contribution in [-0.2, 0) is 0 Å². The second-order valence-electron chi connectivity index (χ2n) is 5.66. The third-order valence-electron chi connectivity index (χ3n) is 3.19. The zero-order valence-corrected chi connectivity index (χ0v) is 11.8. The minimum atomic E-state index is -0.560. The lowest BCUT2D eigenvalue weighted by atomic mass is 9.82. The van der Waals surface area contributed by atoms with Crippen molar-refractivity contribution in [2.75, 3.05) is 0 Å². The van der Waals surface area contributed by atoms with Crippen LogP contribution >= 0.6 is 12.4 Å². The van der Waals surface area contributed by atoms with E-state index in [9.17, 15) is 5.11 Å². The molecule has 1 aromatic carbocycles. The van der Waals surface area contributed by atoms with Crippen LogP contribution in [0.4, 0.5) is 0 Å². The molecule has 0 fully saturated rings. The highest BCUT2D eigenvalue weighted by atomic mass is 35.5. The average molecular weight is 269 g/mol. The van der Waals surface area contributed by atoms with Crippen LogP contribution in [0, 0.1) is 5.41 Å². The fourth-order valence-corrected chi connectivity index (χ4v) is 1.99. The topological polar surface area (TPSA) is 62.0 Å².